The van der Waals surface area contributed by atoms with Crippen LogP contribution in [0.3, 0.4) is 0 Å². The Morgan fingerprint density at radius 1 is 1.20 bits per heavy atom. The third kappa shape index (κ3) is 3.54. The molecule has 0 radical (unpaired) electrons. The lowest BCUT2D eigenvalue weighted by Gasteiger charge is -2.17. The van der Waals surface area contributed by atoms with Gasteiger partial charge in [-0.1, -0.05) is 12.1 Å². The number of alkyl halides is 3. The van der Waals surface area contributed by atoms with Gasteiger partial charge in [0.15, 0.2) is 0 Å². The fraction of sp³-hybridized carbons (Fsp3) is 0.222. The molecule has 2 heterocycles. The van der Waals surface area contributed by atoms with Gasteiger partial charge in [-0.3, -0.25) is 0 Å². The Morgan fingerprint density at radius 3 is 2.56 bits per heavy atom. The van der Waals surface area contributed by atoms with E-state index in [1.54, 1.807) is 6.20 Å². The number of nitrogens with one attached hydrogen (secondary N) is 1. The molecule has 0 amide bonds. The summed E-state index contributed by atoms with van der Waals surface area (Å²) < 4.78 is 39.0. The molecule has 128 valence electrons. The summed E-state index contributed by atoms with van der Waals surface area (Å²) in [6, 6.07) is 9.11. The Kier molecular flexibility index (Phi) is 4.82. The normalized spacial score (nSPS) is 12.9. The molecular formula is C18H13BrF3N3. The zero-order chi connectivity index (χ0) is 18.0. The maximum absolute atomic E-state index is 12.8. The lowest BCUT2D eigenvalue weighted by Crippen LogP contribution is -2.06. The molecule has 2 aromatic heterocycles. The quantitative estimate of drug-likeness (QED) is 0.557. The molecule has 3 nitrogen and oxygen atoms in total. The monoisotopic (exact) mass is 407 g/mol. The molecule has 0 aliphatic carbocycles. The summed E-state index contributed by atoms with van der Waals surface area (Å²) in [5, 5.41) is 9.88. The topological polar surface area (TPSA) is 52.5 Å². The van der Waals surface area contributed by atoms with Crippen LogP contribution in [0.15, 0.2) is 47.3 Å². The molecule has 7 heteroatoms. The van der Waals surface area contributed by atoms with Gasteiger partial charge >= 0.3 is 6.18 Å². The number of nitriles is 1. The van der Waals surface area contributed by atoms with E-state index < -0.39 is 11.7 Å². The van der Waals surface area contributed by atoms with Gasteiger partial charge in [0.2, 0.25) is 0 Å². The maximum atomic E-state index is 12.8. The van der Waals surface area contributed by atoms with E-state index in [-0.39, 0.29) is 5.92 Å². The van der Waals surface area contributed by atoms with Crippen molar-refractivity contribution in [2.24, 2.45) is 0 Å². The number of benzene rings is 1. The number of rotatable bonds is 4. The summed E-state index contributed by atoms with van der Waals surface area (Å²) in [7, 11) is 0. The molecule has 0 aliphatic rings. The minimum Gasteiger partial charge on any atom is -0.359 e. The van der Waals surface area contributed by atoms with Crippen LogP contribution in [-0.2, 0) is 6.18 Å². The van der Waals surface area contributed by atoms with E-state index in [4.69, 9.17) is 5.26 Å². The first-order valence-electron chi connectivity index (χ1n) is 7.57. The standard InChI is InChI=1S/C18H13BrF3N3/c19-17-16-14(7-9-24-17)15(10-25-16)13(2-1-8-23)11-3-5-12(6-4-11)18(20,21)22/h3-7,9-10,13,25H,1-2H2. The molecule has 1 aromatic carbocycles. The second-order valence-corrected chi connectivity index (χ2v) is 6.39. The van der Waals surface area contributed by atoms with E-state index in [0.29, 0.717) is 17.4 Å². The molecule has 0 saturated carbocycles. The minimum atomic E-state index is -4.36. The van der Waals surface area contributed by atoms with E-state index in [1.165, 1.54) is 12.1 Å². The Bertz CT molecular complexity index is 923. The van der Waals surface area contributed by atoms with Crippen molar-refractivity contribution in [1.29, 1.82) is 5.26 Å². The van der Waals surface area contributed by atoms with Crippen molar-refractivity contribution in [1.82, 2.24) is 9.97 Å². The fourth-order valence-electron chi connectivity index (χ4n) is 2.95. The molecule has 3 aromatic rings. The highest BCUT2D eigenvalue weighted by atomic mass is 79.9. The van der Waals surface area contributed by atoms with Gasteiger partial charge in [-0.05, 0) is 51.7 Å². The van der Waals surface area contributed by atoms with Crippen LogP contribution >= 0.6 is 15.9 Å². The van der Waals surface area contributed by atoms with Crippen LogP contribution in [0.2, 0.25) is 0 Å². The fourth-order valence-corrected chi connectivity index (χ4v) is 3.39. The number of fused-ring (bicyclic) bond motifs is 1. The number of hydrogen-bond acceptors (Lipinski definition) is 2. The van der Waals surface area contributed by atoms with Gasteiger partial charge in [-0.25, -0.2) is 4.98 Å². The molecule has 3 rings (SSSR count). The minimum absolute atomic E-state index is 0.176. The van der Waals surface area contributed by atoms with Crippen molar-refractivity contribution in [2.45, 2.75) is 24.9 Å². The summed E-state index contributed by atoms with van der Waals surface area (Å²) in [4.78, 5) is 7.31. The molecule has 25 heavy (non-hydrogen) atoms. The summed E-state index contributed by atoms with van der Waals surface area (Å²) in [6.07, 6.45) is -0.0357. The first kappa shape index (κ1) is 17.5. The zero-order valence-corrected chi connectivity index (χ0v) is 14.5. The van der Waals surface area contributed by atoms with Crippen LogP contribution in [0.5, 0.6) is 0 Å². The van der Waals surface area contributed by atoms with E-state index in [9.17, 15) is 13.2 Å². The van der Waals surface area contributed by atoms with Gasteiger partial charge in [-0.2, -0.15) is 18.4 Å². The SMILES string of the molecule is N#CCCC(c1ccc(C(F)(F)F)cc1)c1c[nH]c2c(Br)nccc12. The van der Waals surface area contributed by atoms with Crippen molar-refractivity contribution in [3.05, 3.63) is 64.0 Å². The molecule has 1 N–H and O–H groups in total. The van der Waals surface area contributed by atoms with Crippen LogP contribution in [-0.4, -0.2) is 9.97 Å². The second-order valence-electron chi connectivity index (χ2n) is 5.64. The summed E-state index contributed by atoms with van der Waals surface area (Å²) in [6.45, 7) is 0. The number of pyridine rings is 1. The van der Waals surface area contributed by atoms with Crippen molar-refractivity contribution < 1.29 is 13.2 Å². The highest BCUT2D eigenvalue weighted by molar-refractivity contribution is 9.10. The molecule has 1 unspecified atom stereocenters. The van der Waals surface area contributed by atoms with E-state index in [0.717, 1.165) is 34.2 Å². The van der Waals surface area contributed by atoms with Crippen LogP contribution in [0.25, 0.3) is 10.9 Å². The molecule has 0 aliphatic heterocycles. The second kappa shape index (κ2) is 6.89. The largest absolute Gasteiger partial charge is 0.416 e. The summed E-state index contributed by atoms with van der Waals surface area (Å²) >= 11 is 3.38. The van der Waals surface area contributed by atoms with Crippen molar-refractivity contribution in [3.63, 3.8) is 0 Å². The van der Waals surface area contributed by atoms with Crippen molar-refractivity contribution >= 4 is 26.8 Å². The van der Waals surface area contributed by atoms with Gasteiger partial charge < -0.3 is 4.98 Å². The summed E-state index contributed by atoms with van der Waals surface area (Å²) in [5.41, 5.74) is 1.83. The van der Waals surface area contributed by atoms with Gasteiger partial charge in [0, 0.05) is 30.1 Å². The number of aromatic amines is 1. The smallest absolute Gasteiger partial charge is 0.359 e. The molecule has 0 fully saturated rings. The Morgan fingerprint density at radius 2 is 1.92 bits per heavy atom. The molecule has 0 saturated heterocycles. The van der Waals surface area contributed by atoms with Crippen LogP contribution in [0.4, 0.5) is 13.2 Å². The van der Waals surface area contributed by atoms with Crippen LogP contribution in [0.1, 0.15) is 35.4 Å². The van der Waals surface area contributed by atoms with Gasteiger partial charge in [0.05, 0.1) is 17.1 Å². The van der Waals surface area contributed by atoms with Crippen molar-refractivity contribution in [3.8, 4) is 6.07 Å². The first-order valence-corrected chi connectivity index (χ1v) is 8.36. The van der Waals surface area contributed by atoms with Crippen LogP contribution < -0.4 is 0 Å². The first-order chi connectivity index (χ1) is 11.9. The predicted molar refractivity (Wildman–Crippen MR) is 91.9 cm³/mol. The highest BCUT2D eigenvalue weighted by Crippen LogP contribution is 2.37. The lowest BCUT2D eigenvalue weighted by molar-refractivity contribution is -0.137. The average molecular weight is 408 g/mol. The lowest BCUT2D eigenvalue weighted by atomic mass is 9.87. The van der Waals surface area contributed by atoms with E-state index in [1.807, 2.05) is 12.3 Å². The summed E-state index contributed by atoms with van der Waals surface area (Å²) in [5.74, 6) is -0.176. The third-order valence-electron chi connectivity index (χ3n) is 4.15. The zero-order valence-electron chi connectivity index (χ0n) is 12.9. The number of aromatic nitrogens is 2. The van der Waals surface area contributed by atoms with Gasteiger partial charge in [-0.15, -0.1) is 0 Å². The molecule has 1 atom stereocenters. The number of H-pyrrole nitrogens is 1. The average Bonchev–Trinajstić information content (AvgIpc) is 3.00. The van der Waals surface area contributed by atoms with Crippen molar-refractivity contribution in [2.75, 3.05) is 0 Å². The molecular weight excluding hydrogens is 395 g/mol. The van der Waals surface area contributed by atoms with Crippen LogP contribution in [0, 0.1) is 11.3 Å². The Labute approximate surface area is 150 Å². The molecule has 0 bridgehead atoms. The maximum Gasteiger partial charge on any atom is 0.416 e. The Hall–Kier alpha value is -2.33. The van der Waals surface area contributed by atoms with Gasteiger partial charge in [0.1, 0.15) is 4.60 Å². The van der Waals surface area contributed by atoms with E-state index in [2.05, 4.69) is 32.0 Å². The van der Waals surface area contributed by atoms with E-state index >= 15 is 0 Å². The number of hydrogen-bond donors (Lipinski definition) is 1. The molecule has 0 spiro atoms. The predicted octanol–water partition coefficient (Wildman–Crippen LogP) is 5.78. The number of nitrogens with zero attached hydrogens (tertiary/aromatic N) is 2. The third-order valence-corrected chi connectivity index (χ3v) is 4.75. The number of halogens is 4. The highest BCUT2D eigenvalue weighted by Gasteiger charge is 2.30. The Balaban J connectivity index is 2.05. The van der Waals surface area contributed by atoms with Gasteiger partial charge in [0.25, 0.3) is 0 Å².